The van der Waals surface area contributed by atoms with E-state index in [1.54, 1.807) is 31.2 Å². The number of halogens is 2. The first-order valence-corrected chi connectivity index (χ1v) is 8.52. The second-order valence-electron chi connectivity index (χ2n) is 5.66. The van der Waals surface area contributed by atoms with Crippen LogP contribution in [0.2, 0.25) is 0 Å². The zero-order valence-electron chi connectivity index (χ0n) is 15.2. The highest BCUT2D eigenvalue weighted by Gasteiger charge is 2.14. The fourth-order valence-electron chi connectivity index (χ4n) is 2.57. The summed E-state index contributed by atoms with van der Waals surface area (Å²) in [6.45, 7) is -1.02. The van der Waals surface area contributed by atoms with Gasteiger partial charge in [-0.15, -0.1) is 0 Å². The molecule has 0 bridgehead atoms. The first-order valence-electron chi connectivity index (χ1n) is 8.52. The third kappa shape index (κ3) is 4.72. The van der Waals surface area contributed by atoms with E-state index in [0.29, 0.717) is 16.3 Å². The van der Waals surface area contributed by atoms with Crippen LogP contribution >= 0.6 is 0 Å². The van der Waals surface area contributed by atoms with Gasteiger partial charge in [0.1, 0.15) is 0 Å². The van der Waals surface area contributed by atoms with Gasteiger partial charge >= 0.3 is 6.61 Å². The summed E-state index contributed by atoms with van der Waals surface area (Å²) in [6.07, 6.45) is 1.31. The molecule has 0 aliphatic heterocycles. The molecule has 10 heteroatoms. The van der Waals surface area contributed by atoms with Crippen molar-refractivity contribution in [1.29, 1.82) is 0 Å². The maximum absolute atomic E-state index is 12.5. The fraction of sp³-hybridized carbons (Fsp3) is 0.158. The number of carbonyl (C=O) groups excluding carboxylic acids is 1. The van der Waals surface area contributed by atoms with Gasteiger partial charge in [0.25, 0.3) is 11.5 Å². The van der Waals surface area contributed by atoms with Crippen LogP contribution in [0.3, 0.4) is 0 Å². The van der Waals surface area contributed by atoms with Crippen LogP contribution in [-0.4, -0.2) is 35.5 Å². The van der Waals surface area contributed by atoms with E-state index >= 15 is 0 Å². The Labute approximate surface area is 163 Å². The Kier molecular flexibility index (Phi) is 6.12. The minimum atomic E-state index is -2.98. The van der Waals surface area contributed by atoms with E-state index in [9.17, 15) is 18.4 Å². The van der Waals surface area contributed by atoms with E-state index in [1.165, 1.54) is 24.4 Å². The Morgan fingerprint density at radius 1 is 1.24 bits per heavy atom. The number of nitrogens with one attached hydrogen (secondary N) is 2. The topological polar surface area (TPSA) is 106 Å². The Hall–Kier alpha value is -3.82. The highest BCUT2D eigenvalue weighted by molar-refractivity contribution is 6.04. The van der Waals surface area contributed by atoms with Crippen molar-refractivity contribution in [1.82, 2.24) is 15.6 Å². The number of fused-ring (bicyclic) bond motifs is 1. The molecule has 2 N–H and O–H groups in total. The van der Waals surface area contributed by atoms with Crippen LogP contribution in [0.1, 0.15) is 23.0 Å². The lowest BCUT2D eigenvalue weighted by molar-refractivity contribution is -0.0514. The molecule has 0 fully saturated rings. The molecular weight excluding hydrogens is 386 g/mol. The van der Waals surface area contributed by atoms with Gasteiger partial charge in [0, 0.05) is 5.39 Å². The number of alkyl halides is 2. The number of hydrazone groups is 1. The number of aromatic amines is 1. The molecular formula is C19H16F2N4O4. The van der Waals surface area contributed by atoms with E-state index in [-0.39, 0.29) is 23.8 Å². The van der Waals surface area contributed by atoms with Gasteiger partial charge < -0.3 is 9.47 Å². The molecule has 0 aliphatic carbocycles. The maximum Gasteiger partial charge on any atom is 0.387 e. The van der Waals surface area contributed by atoms with Gasteiger partial charge in [-0.05, 0) is 36.8 Å². The average Bonchev–Trinajstić information content (AvgIpc) is 2.70. The quantitative estimate of drug-likeness (QED) is 0.467. The van der Waals surface area contributed by atoms with E-state index in [2.05, 4.69) is 25.5 Å². The number of H-pyrrole nitrogens is 1. The van der Waals surface area contributed by atoms with Crippen molar-refractivity contribution in [2.24, 2.45) is 5.10 Å². The summed E-state index contributed by atoms with van der Waals surface area (Å²) in [6, 6.07) is 10.8. The molecule has 0 atom stereocenters. The molecule has 0 unspecified atom stereocenters. The van der Waals surface area contributed by atoms with Gasteiger partial charge in [-0.2, -0.15) is 19.0 Å². The minimum absolute atomic E-state index is 0.00744. The molecule has 1 amide bonds. The van der Waals surface area contributed by atoms with Gasteiger partial charge in [0.2, 0.25) is 0 Å². The summed E-state index contributed by atoms with van der Waals surface area (Å²) < 4.78 is 34.6. The van der Waals surface area contributed by atoms with Gasteiger partial charge in [0.15, 0.2) is 17.2 Å². The molecule has 150 valence electrons. The third-order valence-electron chi connectivity index (χ3n) is 3.77. The lowest BCUT2D eigenvalue weighted by Crippen LogP contribution is -2.22. The summed E-state index contributed by atoms with van der Waals surface area (Å²) in [7, 11) is 0. The number of benzene rings is 2. The first kappa shape index (κ1) is 19.9. The Balaban J connectivity index is 1.78. The number of rotatable bonds is 7. The lowest BCUT2D eigenvalue weighted by atomic mass is 10.1. The van der Waals surface area contributed by atoms with Crippen LogP contribution < -0.4 is 20.5 Å². The molecule has 1 aromatic heterocycles. The number of hydrogen-bond acceptors (Lipinski definition) is 6. The zero-order valence-corrected chi connectivity index (χ0v) is 15.2. The number of amides is 1. The van der Waals surface area contributed by atoms with Gasteiger partial charge in [0.05, 0.1) is 18.2 Å². The van der Waals surface area contributed by atoms with Crippen molar-refractivity contribution >= 4 is 22.9 Å². The van der Waals surface area contributed by atoms with Crippen molar-refractivity contribution in [3.63, 3.8) is 0 Å². The first-order chi connectivity index (χ1) is 14.0. The molecule has 29 heavy (non-hydrogen) atoms. The molecule has 0 saturated heterocycles. The zero-order chi connectivity index (χ0) is 20.8. The second kappa shape index (κ2) is 8.91. The van der Waals surface area contributed by atoms with Crippen LogP contribution in [0.5, 0.6) is 11.5 Å². The Morgan fingerprint density at radius 3 is 2.72 bits per heavy atom. The lowest BCUT2D eigenvalue weighted by Gasteiger charge is -2.11. The van der Waals surface area contributed by atoms with Crippen LogP contribution in [0.15, 0.2) is 52.4 Å². The largest absolute Gasteiger partial charge is 0.490 e. The van der Waals surface area contributed by atoms with E-state index in [1.807, 2.05) is 0 Å². The summed E-state index contributed by atoms with van der Waals surface area (Å²) in [5, 5.41) is 10.6. The number of ether oxygens (including phenoxy) is 2. The van der Waals surface area contributed by atoms with Crippen molar-refractivity contribution in [2.45, 2.75) is 13.5 Å². The molecule has 8 nitrogen and oxygen atoms in total. The third-order valence-corrected chi connectivity index (χ3v) is 3.77. The predicted octanol–water partition coefficient (Wildman–Crippen LogP) is 2.69. The average molecular weight is 402 g/mol. The molecule has 3 rings (SSSR count). The summed E-state index contributed by atoms with van der Waals surface area (Å²) in [5.41, 5.74) is 2.39. The second-order valence-corrected chi connectivity index (χ2v) is 5.66. The molecule has 0 radical (unpaired) electrons. The van der Waals surface area contributed by atoms with Gasteiger partial charge in [-0.3, -0.25) is 9.59 Å². The van der Waals surface area contributed by atoms with Crippen molar-refractivity contribution in [3.8, 4) is 11.5 Å². The monoisotopic (exact) mass is 402 g/mol. The molecule has 2 aromatic carbocycles. The molecule has 0 saturated carbocycles. The van der Waals surface area contributed by atoms with Crippen LogP contribution in [0.4, 0.5) is 8.78 Å². The van der Waals surface area contributed by atoms with Crippen molar-refractivity contribution in [2.75, 3.05) is 6.61 Å². The maximum atomic E-state index is 12.5. The number of carbonyl (C=O) groups is 1. The van der Waals surface area contributed by atoms with Crippen molar-refractivity contribution < 1.29 is 23.0 Å². The van der Waals surface area contributed by atoms with E-state index < -0.39 is 18.1 Å². The number of hydrogen-bond donors (Lipinski definition) is 2. The molecule has 3 aromatic rings. The van der Waals surface area contributed by atoms with Crippen LogP contribution in [0, 0.1) is 0 Å². The van der Waals surface area contributed by atoms with Gasteiger partial charge in [-0.1, -0.05) is 18.2 Å². The van der Waals surface area contributed by atoms with Gasteiger partial charge in [-0.25, -0.2) is 10.5 Å². The normalized spacial score (nSPS) is 11.2. The van der Waals surface area contributed by atoms with Crippen LogP contribution in [0.25, 0.3) is 10.8 Å². The smallest absolute Gasteiger partial charge is 0.387 e. The number of aromatic nitrogens is 2. The van der Waals surface area contributed by atoms with Crippen LogP contribution in [-0.2, 0) is 0 Å². The Morgan fingerprint density at radius 2 is 2.00 bits per heavy atom. The number of nitrogens with zero attached hydrogens (tertiary/aromatic N) is 2. The standard InChI is InChI=1S/C19H16F2N4O4/c1-2-28-15-9-11(7-8-14(15)29-19(20)21)10-22-24-18(27)16-12-5-3-4-6-13(12)17(26)25-23-16/h3-10,19H,2H2,1H3,(H,24,27)(H,25,26)/b22-10+. The molecule has 0 aliphatic rings. The Bertz CT molecular complexity index is 1110. The minimum Gasteiger partial charge on any atom is -0.490 e. The van der Waals surface area contributed by atoms with Crippen molar-refractivity contribution in [3.05, 3.63) is 64.1 Å². The summed E-state index contributed by atoms with van der Waals surface area (Å²) >= 11 is 0. The molecule has 0 spiro atoms. The predicted molar refractivity (Wildman–Crippen MR) is 102 cm³/mol. The van der Waals surface area contributed by atoms with E-state index in [4.69, 9.17) is 4.74 Å². The van der Waals surface area contributed by atoms with E-state index in [0.717, 1.165) is 0 Å². The summed E-state index contributed by atoms with van der Waals surface area (Å²) in [4.78, 5) is 24.2. The SMILES string of the molecule is CCOc1cc(/C=N/NC(=O)c2n[nH]c(=O)c3ccccc23)ccc1OC(F)F. The summed E-state index contributed by atoms with van der Waals surface area (Å²) in [5.74, 6) is -0.611. The highest BCUT2D eigenvalue weighted by atomic mass is 19.3. The fourth-order valence-corrected chi connectivity index (χ4v) is 2.57. The highest BCUT2D eigenvalue weighted by Crippen LogP contribution is 2.29. The molecule has 1 heterocycles.